The van der Waals surface area contributed by atoms with Crippen molar-refractivity contribution in [2.45, 2.75) is 45.8 Å². The van der Waals surface area contributed by atoms with Crippen LogP contribution in [0.5, 0.6) is 0 Å². The number of hydrogen-bond acceptors (Lipinski definition) is 4. The fraction of sp³-hybridized carbons (Fsp3) is 0.692. The molecule has 0 fully saturated rings. The summed E-state index contributed by atoms with van der Waals surface area (Å²) in [6, 6.07) is 0.474. The summed E-state index contributed by atoms with van der Waals surface area (Å²) < 4.78 is 0. The predicted octanol–water partition coefficient (Wildman–Crippen LogP) is 2.90. The Labute approximate surface area is 109 Å². The summed E-state index contributed by atoms with van der Waals surface area (Å²) in [5, 5.41) is 4.39. The predicted molar refractivity (Wildman–Crippen MR) is 74.4 cm³/mol. The van der Waals surface area contributed by atoms with E-state index in [9.17, 15) is 0 Å². The van der Waals surface area contributed by atoms with Gasteiger partial charge in [-0.3, -0.25) is 0 Å². The summed E-state index contributed by atoms with van der Waals surface area (Å²) in [7, 11) is 0. The third-order valence-corrected chi connectivity index (χ3v) is 3.60. The Morgan fingerprint density at radius 1 is 1.29 bits per heavy atom. The minimum atomic E-state index is 0.258. The molecule has 1 N–H and O–H groups in total. The Bertz CT molecular complexity index is 330. The van der Waals surface area contributed by atoms with Gasteiger partial charge in [0.15, 0.2) is 5.16 Å². The summed E-state index contributed by atoms with van der Waals surface area (Å²) in [5.41, 5.74) is 1.36. The number of aromatic nitrogens is 2. The normalized spacial score (nSPS) is 13.7. The molecule has 0 saturated heterocycles. The van der Waals surface area contributed by atoms with E-state index in [0.29, 0.717) is 6.04 Å². The van der Waals surface area contributed by atoms with E-state index in [2.05, 4.69) is 43.0 Å². The first-order valence-corrected chi connectivity index (χ1v) is 7.07. The molecule has 1 rings (SSSR count). The van der Waals surface area contributed by atoms with Crippen LogP contribution < -0.4 is 5.32 Å². The van der Waals surface area contributed by atoms with Gasteiger partial charge in [0.1, 0.15) is 0 Å². The molecule has 0 bridgehead atoms. The summed E-state index contributed by atoms with van der Waals surface area (Å²) in [6.07, 6.45) is 3.74. The van der Waals surface area contributed by atoms with Crippen LogP contribution in [0.3, 0.4) is 0 Å². The highest BCUT2D eigenvalue weighted by Crippen LogP contribution is 2.24. The molecule has 0 spiro atoms. The number of hydrogen-bond donors (Lipinski definition) is 1. The molecule has 1 unspecified atom stereocenters. The van der Waals surface area contributed by atoms with Crippen molar-refractivity contribution in [1.29, 1.82) is 0 Å². The molecule has 0 saturated carbocycles. The lowest BCUT2D eigenvalue weighted by atomic mass is 9.88. The first-order valence-electron chi connectivity index (χ1n) is 6.08. The molecule has 0 aliphatic carbocycles. The van der Waals surface area contributed by atoms with E-state index < -0.39 is 0 Å². The van der Waals surface area contributed by atoms with E-state index in [0.717, 1.165) is 23.0 Å². The van der Waals surface area contributed by atoms with Crippen LogP contribution in [-0.2, 0) is 0 Å². The molecule has 1 aromatic rings. The molecule has 17 heavy (non-hydrogen) atoms. The Kier molecular flexibility index (Phi) is 5.40. The number of nitrogens with zero attached hydrogens (tertiary/aromatic N) is 2. The maximum absolute atomic E-state index is 4.32. The van der Waals surface area contributed by atoms with E-state index in [1.54, 1.807) is 11.8 Å². The van der Waals surface area contributed by atoms with Gasteiger partial charge in [-0.1, -0.05) is 39.5 Å². The van der Waals surface area contributed by atoms with Crippen LogP contribution in [0.15, 0.2) is 17.6 Å². The largest absolute Gasteiger partial charge is 0.313 e. The molecule has 0 aromatic carbocycles. The lowest BCUT2D eigenvalue weighted by molar-refractivity contribution is 0.295. The van der Waals surface area contributed by atoms with E-state index in [4.69, 9.17) is 0 Å². The van der Waals surface area contributed by atoms with Crippen LogP contribution >= 0.6 is 11.8 Å². The highest BCUT2D eigenvalue weighted by Gasteiger charge is 2.23. The average Bonchev–Trinajstić information content (AvgIpc) is 2.25. The first kappa shape index (κ1) is 14.5. The average molecular weight is 253 g/mol. The van der Waals surface area contributed by atoms with Gasteiger partial charge in [-0.25, -0.2) is 9.97 Å². The topological polar surface area (TPSA) is 37.8 Å². The molecule has 4 heteroatoms. The van der Waals surface area contributed by atoms with E-state index in [1.165, 1.54) is 0 Å². The summed E-state index contributed by atoms with van der Waals surface area (Å²) >= 11 is 1.72. The molecule has 0 aliphatic rings. The van der Waals surface area contributed by atoms with Crippen molar-refractivity contribution >= 4 is 11.8 Å². The summed E-state index contributed by atoms with van der Waals surface area (Å²) in [4.78, 5) is 8.63. The molecule has 1 atom stereocenters. The molecule has 3 nitrogen and oxygen atoms in total. The van der Waals surface area contributed by atoms with Crippen molar-refractivity contribution in [1.82, 2.24) is 15.3 Å². The molecule has 96 valence electrons. The number of rotatable bonds is 5. The van der Waals surface area contributed by atoms with Gasteiger partial charge in [-0.2, -0.15) is 0 Å². The Morgan fingerprint density at radius 2 is 1.88 bits per heavy atom. The van der Waals surface area contributed by atoms with Gasteiger partial charge in [0, 0.05) is 24.2 Å². The zero-order valence-corrected chi connectivity index (χ0v) is 12.3. The van der Waals surface area contributed by atoms with E-state index in [-0.39, 0.29) is 5.41 Å². The quantitative estimate of drug-likeness (QED) is 0.647. The highest BCUT2D eigenvalue weighted by atomic mass is 32.2. The second-order valence-electron chi connectivity index (χ2n) is 5.33. The molecular formula is C13H23N3S. The minimum absolute atomic E-state index is 0.258. The fourth-order valence-electron chi connectivity index (χ4n) is 1.47. The van der Waals surface area contributed by atoms with Crippen LogP contribution in [0.25, 0.3) is 0 Å². The van der Waals surface area contributed by atoms with Gasteiger partial charge in [0.2, 0.25) is 0 Å². The zero-order valence-electron chi connectivity index (χ0n) is 11.4. The number of aryl methyl sites for hydroxylation is 1. The van der Waals surface area contributed by atoms with Crippen molar-refractivity contribution < 1.29 is 0 Å². The van der Waals surface area contributed by atoms with Crippen LogP contribution in [0, 0.1) is 12.3 Å². The summed E-state index contributed by atoms with van der Waals surface area (Å²) in [5.74, 6) is 1.00. The van der Waals surface area contributed by atoms with E-state index >= 15 is 0 Å². The Morgan fingerprint density at radius 3 is 2.35 bits per heavy atom. The number of nitrogens with one attached hydrogen (secondary N) is 1. The van der Waals surface area contributed by atoms with Gasteiger partial charge in [-0.15, -0.1) is 0 Å². The minimum Gasteiger partial charge on any atom is -0.313 e. The first-order chi connectivity index (χ1) is 7.93. The monoisotopic (exact) mass is 253 g/mol. The smallest absolute Gasteiger partial charge is 0.187 e. The third kappa shape index (κ3) is 5.04. The highest BCUT2D eigenvalue weighted by molar-refractivity contribution is 7.99. The van der Waals surface area contributed by atoms with Crippen LogP contribution in [0.4, 0.5) is 0 Å². The van der Waals surface area contributed by atoms with Crippen LogP contribution in [-0.4, -0.2) is 28.3 Å². The maximum Gasteiger partial charge on any atom is 0.187 e. The molecular weight excluding hydrogens is 230 g/mol. The molecule has 0 radical (unpaired) electrons. The van der Waals surface area contributed by atoms with Crippen molar-refractivity contribution in [3.63, 3.8) is 0 Å². The van der Waals surface area contributed by atoms with E-state index in [1.807, 2.05) is 19.3 Å². The van der Waals surface area contributed by atoms with Crippen molar-refractivity contribution in [2.75, 3.05) is 12.3 Å². The van der Waals surface area contributed by atoms with Crippen molar-refractivity contribution in [3.05, 3.63) is 18.0 Å². The molecule has 0 amide bonds. The van der Waals surface area contributed by atoms with Gasteiger partial charge < -0.3 is 5.32 Å². The summed E-state index contributed by atoms with van der Waals surface area (Å²) in [6.45, 7) is 11.9. The third-order valence-electron chi connectivity index (χ3n) is 2.63. The standard InChI is InChI=1S/C13H23N3S/c1-6-14-11(13(3,4)5)9-17-12-15-7-10(2)8-16-12/h7-8,11,14H,6,9H2,1-5H3. The van der Waals surface area contributed by atoms with Gasteiger partial charge in [-0.05, 0) is 24.4 Å². The zero-order chi connectivity index (χ0) is 12.9. The molecule has 1 heterocycles. The SMILES string of the molecule is CCNC(CSc1ncc(C)cn1)C(C)(C)C. The van der Waals surface area contributed by atoms with Crippen LogP contribution in [0.1, 0.15) is 33.3 Å². The maximum atomic E-state index is 4.32. The van der Waals surface area contributed by atoms with Gasteiger partial charge in [0.05, 0.1) is 0 Å². The fourth-order valence-corrected chi connectivity index (χ4v) is 2.66. The van der Waals surface area contributed by atoms with Gasteiger partial charge in [0.25, 0.3) is 0 Å². The second kappa shape index (κ2) is 6.36. The van der Waals surface area contributed by atoms with Crippen molar-refractivity contribution in [2.24, 2.45) is 5.41 Å². The Balaban J connectivity index is 2.54. The molecule has 1 aromatic heterocycles. The lowest BCUT2D eigenvalue weighted by Crippen LogP contribution is -2.42. The Hall–Kier alpha value is -0.610. The molecule has 0 aliphatic heterocycles. The van der Waals surface area contributed by atoms with Crippen molar-refractivity contribution in [3.8, 4) is 0 Å². The number of thioether (sulfide) groups is 1. The van der Waals surface area contributed by atoms with Gasteiger partial charge >= 0.3 is 0 Å². The second-order valence-corrected chi connectivity index (χ2v) is 6.32. The van der Waals surface area contributed by atoms with Crippen LogP contribution in [0.2, 0.25) is 0 Å². The lowest BCUT2D eigenvalue weighted by Gasteiger charge is -2.30.